The summed E-state index contributed by atoms with van der Waals surface area (Å²) in [6.45, 7) is 2.98. The molecule has 6 rings (SSSR count). The summed E-state index contributed by atoms with van der Waals surface area (Å²) >= 11 is 0. The zero-order valence-corrected chi connectivity index (χ0v) is 19.9. The van der Waals surface area contributed by atoms with Gasteiger partial charge in [0.25, 0.3) is 11.6 Å². The van der Waals surface area contributed by atoms with E-state index in [4.69, 9.17) is 37.5 Å². The lowest BCUT2D eigenvalue weighted by molar-refractivity contribution is -0.364. The number of ether oxygens (including phenoxy) is 6. The fourth-order valence-electron chi connectivity index (χ4n) is 6.70. The summed E-state index contributed by atoms with van der Waals surface area (Å²) in [4.78, 5) is 56.0. The minimum absolute atomic E-state index is 0.0835. The monoisotopic (exact) mass is 504 g/mol. The van der Waals surface area contributed by atoms with Crippen LogP contribution in [0.5, 0.6) is 0 Å². The Hall–Kier alpha value is -3.46. The van der Waals surface area contributed by atoms with E-state index in [0.717, 1.165) is 28.4 Å². The Kier molecular flexibility index (Phi) is 4.24. The number of carbonyl (C=O) groups excluding carboxylic acids is 4. The highest BCUT2D eigenvalue weighted by atomic mass is 16.8. The van der Waals surface area contributed by atoms with Crippen LogP contribution in [0.1, 0.15) is 43.6 Å². The third kappa shape index (κ3) is 1.80. The van der Waals surface area contributed by atoms with Crippen molar-refractivity contribution in [3.05, 3.63) is 34.0 Å². The molecule has 0 radical (unpaired) electrons. The number of rotatable bonds is 4. The highest BCUT2D eigenvalue weighted by molar-refractivity contribution is 6.15. The van der Waals surface area contributed by atoms with Gasteiger partial charge >= 0.3 is 11.9 Å². The molecule has 0 saturated carbocycles. The van der Waals surface area contributed by atoms with E-state index in [2.05, 4.69) is 10.3 Å². The molecule has 4 atom stereocenters. The lowest BCUT2D eigenvalue weighted by atomic mass is 9.54. The van der Waals surface area contributed by atoms with Crippen LogP contribution in [-0.2, 0) is 49.6 Å². The summed E-state index contributed by atoms with van der Waals surface area (Å²) in [7, 11) is 4.39. The smallest absolute Gasteiger partial charge is 0.325 e. The molecular formula is C22H20N2O12. The van der Waals surface area contributed by atoms with Crippen LogP contribution in [0.25, 0.3) is 0 Å². The van der Waals surface area contributed by atoms with Crippen molar-refractivity contribution in [1.29, 1.82) is 0 Å². The van der Waals surface area contributed by atoms with Crippen LogP contribution in [0.3, 0.4) is 0 Å². The first-order valence-electron chi connectivity index (χ1n) is 10.8. The average Bonchev–Trinajstić information content (AvgIpc) is 3.59. The fourth-order valence-corrected chi connectivity index (χ4v) is 6.70. The first-order valence-corrected chi connectivity index (χ1v) is 10.8. The fraction of sp³-hybridized carbons (Fsp3) is 0.545. The van der Waals surface area contributed by atoms with Crippen molar-refractivity contribution in [3.63, 3.8) is 0 Å². The zero-order valence-electron chi connectivity index (χ0n) is 19.9. The van der Waals surface area contributed by atoms with Crippen molar-refractivity contribution in [2.45, 2.75) is 37.6 Å². The number of methoxy groups -OCH3 is 4. The Morgan fingerprint density at radius 2 is 1.17 bits per heavy atom. The average molecular weight is 504 g/mol. The van der Waals surface area contributed by atoms with Crippen LogP contribution in [0, 0.1) is 24.7 Å². The molecule has 0 amide bonds. The van der Waals surface area contributed by atoms with Crippen LogP contribution in [0.4, 0.5) is 0 Å². The first-order chi connectivity index (χ1) is 17.1. The van der Waals surface area contributed by atoms with Gasteiger partial charge in [-0.1, -0.05) is 10.3 Å². The predicted octanol–water partition coefficient (Wildman–Crippen LogP) is 0.0870. The van der Waals surface area contributed by atoms with E-state index in [-0.39, 0.29) is 34.0 Å². The van der Waals surface area contributed by atoms with E-state index in [1.165, 1.54) is 13.8 Å². The second-order valence-corrected chi connectivity index (χ2v) is 8.91. The van der Waals surface area contributed by atoms with Gasteiger partial charge in [-0.3, -0.25) is 19.2 Å². The molecule has 6 heterocycles. The summed E-state index contributed by atoms with van der Waals surface area (Å²) < 4.78 is 45.4. The molecule has 0 aliphatic carbocycles. The molecule has 2 aromatic heterocycles. The minimum Gasteiger partial charge on any atom is -0.468 e. The second kappa shape index (κ2) is 6.64. The van der Waals surface area contributed by atoms with Crippen LogP contribution >= 0.6 is 0 Å². The van der Waals surface area contributed by atoms with Gasteiger partial charge in [-0.25, -0.2) is 0 Å². The van der Waals surface area contributed by atoms with Gasteiger partial charge in [0.05, 0.1) is 36.7 Å². The van der Waals surface area contributed by atoms with Crippen molar-refractivity contribution in [2.75, 3.05) is 28.4 Å². The molecular weight excluding hydrogens is 484 g/mol. The summed E-state index contributed by atoms with van der Waals surface area (Å²) in [6.07, 6.45) is -3.67. The number of Topliss-reactive ketones (excluding diaryl/α,β-unsaturated/α-hetero) is 2. The number of fused-ring (bicyclic) bond motifs is 13. The third-order valence-electron chi connectivity index (χ3n) is 7.88. The lowest BCUT2D eigenvalue weighted by Gasteiger charge is -2.47. The maximum atomic E-state index is 14.2. The van der Waals surface area contributed by atoms with Crippen LogP contribution in [0.15, 0.2) is 9.05 Å². The van der Waals surface area contributed by atoms with Gasteiger partial charge in [0.2, 0.25) is 16.9 Å². The van der Waals surface area contributed by atoms with E-state index in [0.29, 0.717) is 0 Å². The molecule has 2 aromatic rings. The Morgan fingerprint density at radius 1 is 0.750 bits per heavy atom. The Labute approximate surface area is 202 Å². The molecule has 0 spiro atoms. The molecule has 0 unspecified atom stereocenters. The van der Waals surface area contributed by atoms with Gasteiger partial charge in [0.1, 0.15) is 12.2 Å². The molecule has 14 heteroatoms. The standard InChI is InChI=1S/C22H20N2O12/c1-7-9-11(25)15-19(17(27)29-3)16-12(26)10-8(2)24-36-14(10)22(32-6,34-16)20(19,18(28)30-4)21(31-5,33-15)13(9)35-23-7/h15-16H,1-6H3/t15-,16-,19?,20?,21+,22+/m1/s1. The van der Waals surface area contributed by atoms with E-state index in [1.807, 2.05) is 0 Å². The highest BCUT2D eigenvalue weighted by Gasteiger charge is 3.01. The topological polar surface area (TPSA) is 176 Å². The van der Waals surface area contributed by atoms with Crippen molar-refractivity contribution >= 4 is 23.5 Å². The number of ketones is 2. The minimum atomic E-state index is -2.63. The number of aromatic nitrogens is 2. The quantitative estimate of drug-likeness (QED) is 0.512. The van der Waals surface area contributed by atoms with Crippen molar-refractivity contribution in [2.24, 2.45) is 10.8 Å². The van der Waals surface area contributed by atoms with E-state index in [9.17, 15) is 19.2 Å². The normalized spacial score (nSPS) is 37.4. The lowest BCUT2D eigenvalue weighted by Crippen LogP contribution is -2.67. The molecule has 0 aromatic carbocycles. The summed E-state index contributed by atoms with van der Waals surface area (Å²) in [5.41, 5.74) is -5.03. The maximum absolute atomic E-state index is 14.2. The number of carbonyl (C=O) groups is 4. The van der Waals surface area contributed by atoms with Gasteiger partial charge in [-0.2, -0.15) is 0 Å². The molecule has 14 nitrogen and oxygen atoms in total. The van der Waals surface area contributed by atoms with Gasteiger partial charge in [-0.05, 0) is 13.8 Å². The summed E-state index contributed by atoms with van der Waals surface area (Å²) in [5.74, 6) is -9.49. The molecule has 4 aliphatic heterocycles. The Bertz CT molecular complexity index is 1310. The summed E-state index contributed by atoms with van der Waals surface area (Å²) in [6, 6.07) is 0. The van der Waals surface area contributed by atoms with Crippen molar-refractivity contribution in [1.82, 2.24) is 10.3 Å². The Balaban J connectivity index is 1.90. The van der Waals surface area contributed by atoms with Crippen LogP contribution < -0.4 is 0 Å². The molecule has 36 heavy (non-hydrogen) atoms. The van der Waals surface area contributed by atoms with Crippen LogP contribution in [-0.4, -0.2) is 74.5 Å². The van der Waals surface area contributed by atoms with Gasteiger partial charge in [0, 0.05) is 14.2 Å². The van der Waals surface area contributed by atoms with Gasteiger partial charge < -0.3 is 37.5 Å². The number of hydrogen-bond donors (Lipinski definition) is 0. The summed E-state index contributed by atoms with van der Waals surface area (Å²) in [5, 5.41) is 7.74. The number of esters is 2. The van der Waals surface area contributed by atoms with Gasteiger partial charge in [-0.15, -0.1) is 0 Å². The number of aryl methyl sites for hydroxylation is 2. The molecule has 2 fully saturated rings. The Morgan fingerprint density at radius 3 is 1.53 bits per heavy atom. The van der Waals surface area contributed by atoms with Crippen LogP contribution in [0.2, 0.25) is 0 Å². The van der Waals surface area contributed by atoms with Crippen molar-refractivity contribution in [3.8, 4) is 0 Å². The predicted molar refractivity (Wildman–Crippen MR) is 107 cm³/mol. The van der Waals surface area contributed by atoms with Crippen molar-refractivity contribution < 1.29 is 56.6 Å². The molecule has 2 saturated heterocycles. The van der Waals surface area contributed by atoms with E-state index >= 15 is 0 Å². The third-order valence-corrected chi connectivity index (χ3v) is 7.88. The number of nitrogens with zero attached hydrogens (tertiary/aromatic N) is 2. The first kappa shape index (κ1) is 23.0. The molecule has 0 N–H and O–H groups in total. The van der Waals surface area contributed by atoms with E-state index < -0.39 is 58.1 Å². The maximum Gasteiger partial charge on any atom is 0.325 e. The number of hydrogen-bond acceptors (Lipinski definition) is 14. The van der Waals surface area contributed by atoms with E-state index in [1.54, 1.807) is 0 Å². The van der Waals surface area contributed by atoms with Gasteiger partial charge in [0.15, 0.2) is 17.0 Å². The molecule has 4 aliphatic rings. The zero-order chi connectivity index (χ0) is 26.0. The largest absolute Gasteiger partial charge is 0.468 e. The highest BCUT2D eigenvalue weighted by Crippen LogP contribution is 2.80. The molecule has 190 valence electrons. The second-order valence-electron chi connectivity index (χ2n) is 8.91. The SMILES string of the molecule is COC(=O)C12[C@@H]3O[C@@](OC)(c4onc(C)c4C3=O)C1(C(=O)OC)[C@@]1(OC)O[C@@H]2C(=O)c2c(C)noc21. The molecule has 4 bridgehead atoms.